The van der Waals surface area contributed by atoms with E-state index in [9.17, 15) is 0 Å². The molecule has 0 radical (unpaired) electrons. The van der Waals surface area contributed by atoms with E-state index in [1.807, 2.05) is 0 Å². The standard InChI is InChI=1S/C14H28/c1-7-12(8-2)14(6)10-9-13(14,5)11(3)4/h11-12H,7-10H2,1-6H3. The van der Waals surface area contributed by atoms with Crippen LogP contribution < -0.4 is 0 Å². The van der Waals surface area contributed by atoms with Gasteiger partial charge in [0.2, 0.25) is 0 Å². The molecular weight excluding hydrogens is 168 g/mol. The monoisotopic (exact) mass is 196 g/mol. The van der Waals surface area contributed by atoms with Crippen molar-refractivity contribution in [3.05, 3.63) is 0 Å². The average Bonchev–Trinajstić information content (AvgIpc) is 2.16. The van der Waals surface area contributed by atoms with E-state index in [-0.39, 0.29) is 0 Å². The summed E-state index contributed by atoms with van der Waals surface area (Å²) in [6.45, 7) is 14.6. The average molecular weight is 196 g/mol. The Morgan fingerprint density at radius 1 is 0.929 bits per heavy atom. The van der Waals surface area contributed by atoms with E-state index < -0.39 is 0 Å². The van der Waals surface area contributed by atoms with Gasteiger partial charge < -0.3 is 0 Å². The molecular formula is C14H28. The summed E-state index contributed by atoms with van der Waals surface area (Å²) in [5.41, 5.74) is 1.22. The SMILES string of the molecule is CCC(CC)C1(C)CCC1(C)C(C)C. The lowest BCUT2D eigenvalue weighted by Crippen LogP contribution is -2.54. The fraction of sp³-hybridized carbons (Fsp3) is 1.00. The Kier molecular flexibility index (Phi) is 3.33. The highest BCUT2D eigenvalue weighted by Gasteiger charge is 2.56. The number of hydrogen-bond donors (Lipinski definition) is 0. The van der Waals surface area contributed by atoms with Gasteiger partial charge in [-0.2, -0.15) is 0 Å². The van der Waals surface area contributed by atoms with Crippen LogP contribution >= 0.6 is 0 Å². The summed E-state index contributed by atoms with van der Waals surface area (Å²) in [5, 5.41) is 0. The Labute approximate surface area is 90.5 Å². The normalized spacial score (nSPS) is 37.7. The Bertz CT molecular complexity index is 190. The molecule has 0 aromatic rings. The topological polar surface area (TPSA) is 0 Å². The molecule has 1 aliphatic carbocycles. The lowest BCUT2D eigenvalue weighted by molar-refractivity contribution is -0.131. The molecule has 0 N–H and O–H groups in total. The number of hydrogen-bond acceptors (Lipinski definition) is 0. The molecule has 0 aromatic heterocycles. The van der Waals surface area contributed by atoms with Gasteiger partial charge in [-0.1, -0.05) is 54.4 Å². The second-order valence-corrected chi connectivity index (χ2v) is 6.00. The fourth-order valence-corrected chi connectivity index (χ4v) is 3.72. The molecule has 0 aromatic carbocycles. The Morgan fingerprint density at radius 3 is 1.57 bits per heavy atom. The molecule has 14 heavy (non-hydrogen) atoms. The summed E-state index contributed by atoms with van der Waals surface area (Å²) < 4.78 is 0. The molecule has 1 aliphatic rings. The molecule has 1 fully saturated rings. The van der Waals surface area contributed by atoms with Crippen molar-refractivity contribution in [2.24, 2.45) is 22.7 Å². The van der Waals surface area contributed by atoms with Crippen LogP contribution in [0, 0.1) is 22.7 Å². The van der Waals surface area contributed by atoms with Crippen LogP contribution in [0.1, 0.15) is 67.2 Å². The van der Waals surface area contributed by atoms with Crippen molar-refractivity contribution in [1.82, 2.24) is 0 Å². The molecule has 0 amide bonds. The Balaban J connectivity index is 2.84. The van der Waals surface area contributed by atoms with Gasteiger partial charge in [0.25, 0.3) is 0 Å². The van der Waals surface area contributed by atoms with Gasteiger partial charge in [-0.25, -0.2) is 0 Å². The van der Waals surface area contributed by atoms with Gasteiger partial charge in [0.15, 0.2) is 0 Å². The molecule has 0 nitrogen and oxygen atoms in total. The first-order valence-electron chi connectivity index (χ1n) is 6.42. The quantitative estimate of drug-likeness (QED) is 0.601. The van der Waals surface area contributed by atoms with Crippen molar-refractivity contribution < 1.29 is 0 Å². The summed E-state index contributed by atoms with van der Waals surface area (Å²) in [5.74, 6) is 1.77. The summed E-state index contributed by atoms with van der Waals surface area (Å²) >= 11 is 0. The van der Waals surface area contributed by atoms with Crippen molar-refractivity contribution in [1.29, 1.82) is 0 Å². The van der Waals surface area contributed by atoms with E-state index >= 15 is 0 Å². The van der Waals surface area contributed by atoms with Gasteiger partial charge in [0.05, 0.1) is 0 Å². The maximum absolute atomic E-state index is 2.54. The lowest BCUT2D eigenvalue weighted by atomic mass is 9.42. The summed E-state index contributed by atoms with van der Waals surface area (Å²) in [6.07, 6.45) is 5.61. The van der Waals surface area contributed by atoms with Gasteiger partial charge in [-0.15, -0.1) is 0 Å². The van der Waals surface area contributed by atoms with Gasteiger partial charge >= 0.3 is 0 Å². The second-order valence-electron chi connectivity index (χ2n) is 6.00. The molecule has 2 unspecified atom stereocenters. The van der Waals surface area contributed by atoms with Crippen molar-refractivity contribution in [3.8, 4) is 0 Å². The van der Waals surface area contributed by atoms with E-state index in [2.05, 4.69) is 41.5 Å². The van der Waals surface area contributed by atoms with Crippen LogP contribution in [0.5, 0.6) is 0 Å². The molecule has 2 atom stereocenters. The highest BCUT2D eigenvalue weighted by molar-refractivity contribution is 5.05. The molecule has 0 bridgehead atoms. The second kappa shape index (κ2) is 3.87. The molecule has 1 rings (SSSR count). The Hall–Kier alpha value is 0. The van der Waals surface area contributed by atoms with Crippen LogP contribution in [0.4, 0.5) is 0 Å². The predicted molar refractivity (Wildman–Crippen MR) is 64.4 cm³/mol. The van der Waals surface area contributed by atoms with Crippen LogP contribution in [0.3, 0.4) is 0 Å². The maximum Gasteiger partial charge on any atom is -0.0241 e. The first-order valence-corrected chi connectivity index (χ1v) is 6.42. The molecule has 1 saturated carbocycles. The molecule has 0 aliphatic heterocycles. The van der Waals surface area contributed by atoms with Gasteiger partial charge in [0, 0.05) is 0 Å². The third-order valence-corrected chi connectivity index (χ3v) is 5.63. The van der Waals surface area contributed by atoms with Crippen LogP contribution in [0.15, 0.2) is 0 Å². The van der Waals surface area contributed by atoms with Gasteiger partial charge in [-0.05, 0) is 35.5 Å². The predicted octanol–water partition coefficient (Wildman–Crippen LogP) is 4.89. The van der Waals surface area contributed by atoms with Gasteiger partial charge in [0.1, 0.15) is 0 Å². The van der Waals surface area contributed by atoms with Crippen LogP contribution in [-0.4, -0.2) is 0 Å². The zero-order valence-corrected chi connectivity index (χ0v) is 11.0. The highest BCUT2D eigenvalue weighted by atomic mass is 14.6. The smallest absolute Gasteiger partial charge is 0.0241 e. The zero-order valence-electron chi connectivity index (χ0n) is 11.0. The lowest BCUT2D eigenvalue weighted by Gasteiger charge is -2.62. The molecule has 0 saturated heterocycles. The third-order valence-electron chi connectivity index (χ3n) is 5.63. The van der Waals surface area contributed by atoms with E-state index in [4.69, 9.17) is 0 Å². The largest absolute Gasteiger partial charge is 0.0651 e. The van der Waals surface area contributed by atoms with Crippen molar-refractivity contribution in [2.45, 2.75) is 67.2 Å². The minimum atomic E-state index is 0.601. The van der Waals surface area contributed by atoms with Crippen LogP contribution in [-0.2, 0) is 0 Å². The van der Waals surface area contributed by atoms with Crippen molar-refractivity contribution in [3.63, 3.8) is 0 Å². The van der Waals surface area contributed by atoms with Crippen LogP contribution in [0.25, 0.3) is 0 Å². The Morgan fingerprint density at radius 2 is 1.36 bits per heavy atom. The van der Waals surface area contributed by atoms with Crippen molar-refractivity contribution in [2.75, 3.05) is 0 Å². The van der Waals surface area contributed by atoms with E-state index in [0.717, 1.165) is 11.8 Å². The number of rotatable bonds is 4. The first kappa shape index (κ1) is 12.1. The maximum atomic E-state index is 2.54. The first-order chi connectivity index (χ1) is 6.42. The fourth-order valence-electron chi connectivity index (χ4n) is 3.72. The minimum Gasteiger partial charge on any atom is -0.0651 e. The molecule has 0 spiro atoms. The van der Waals surface area contributed by atoms with E-state index in [1.165, 1.54) is 25.7 Å². The van der Waals surface area contributed by atoms with E-state index in [1.54, 1.807) is 0 Å². The molecule has 0 heteroatoms. The minimum absolute atomic E-state index is 0.601. The summed E-state index contributed by atoms with van der Waals surface area (Å²) in [7, 11) is 0. The zero-order chi connectivity index (χ0) is 11.0. The van der Waals surface area contributed by atoms with Gasteiger partial charge in [-0.3, -0.25) is 0 Å². The van der Waals surface area contributed by atoms with E-state index in [0.29, 0.717) is 10.8 Å². The third kappa shape index (κ3) is 1.42. The molecule has 0 heterocycles. The summed E-state index contributed by atoms with van der Waals surface area (Å²) in [6, 6.07) is 0. The summed E-state index contributed by atoms with van der Waals surface area (Å²) in [4.78, 5) is 0. The molecule has 84 valence electrons. The highest BCUT2D eigenvalue weighted by Crippen LogP contribution is 2.65. The van der Waals surface area contributed by atoms with Crippen LogP contribution in [0.2, 0.25) is 0 Å². The van der Waals surface area contributed by atoms with Crippen molar-refractivity contribution >= 4 is 0 Å².